The summed E-state index contributed by atoms with van der Waals surface area (Å²) in [6.45, 7) is 1.27. The number of piperidine rings is 1. The van der Waals surface area contributed by atoms with Crippen LogP contribution in [0.1, 0.15) is 46.5 Å². The van der Waals surface area contributed by atoms with Crippen molar-refractivity contribution in [1.82, 2.24) is 14.9 Å². The summed E-state index contributed by atoms with van der Waals surface area (Å²) in [5.74, 6) is 1.71. The van der Waals surface area contributed by atoms with Crippen molar-refractivity contribution in [2.45, 2.75) is 25.2 Å². The van der Waals surface area contributed by atoms with Crippen molar-refractivity contribution in [2.75, 3.05) is 13.1 Å². The first kappa shape index (κ1) is 16.8. The molecule has 0 bridgehead atoms. The van der Waals surface area contributed by atoms with E-state index in [-0.39, 0.29) is 17.6 Å². The number of halogens is 1. The summed E-state index contributed by atoms with van der Waals surface area (Å²) >= 11 is 5.92. The van der Waals surface area contributed by atoms with Gasteiger partial charge in [-0.15, -0.1) is 0 Å². The molecule has 134 valence electrons. The topological polar surface area (TPSA) is 72.4 Å². The molecular formula is C19H18ClN3O3. The second kappa shape index (κ2) is 7.33. The van der Waals surface area contributed by atoms with Crippen LogP contribution in [0.25, 0.3) is 0 Å². The normalized spacial score (nSPS) is 17.4. The maximum Gasteiger partial charge on any atom is 0.291 e. The van der Waals surface area contributed by atoms with E-state index >= 15 is 0 Å². The van der Waals surface area contributed by atoms with Crippen LogP contribution in [0.2, 0.25) is 5.02 Å². The Balaban J connectivity index is 1.43. The molecule has 3 aromatic rings. The van der Waals surface area contributed by atoms with Crippen molar-refractivity contribution >= 4 is 17.5 Å². The molecule has 1 aliphatic heterocycles. The predicted molar refractivity (Wildman–Crippen MR) is 95.1 cm³/mol. The van der Waals surface area contributed by atoms with E-state index in [0.29, 0.717) is 30.4 Å². The predicted octanol–water partition coefficient (Wildman–Crippen LogP) is 3.93. The van der Waals surface area contributed by atoms with Gasteiger partial charge in [-0.3, -0.25) is 4.79 Å². The number of amides is 1. The van der Waals surface area contributed by atoms with Gasteiger partial charge in [-0.2, -0.15) is 0 Å². The average molecular weight is 372 g/mol. The van der Waals surface area contributed by atoms with Gasteiger partial charge in [0.15, 0.2) is 12.3 Å². The summed E-state index contributed by atoms with van der Waals surface area (Å²) in [4.78, 5) is 22.5. The van der Waals surface area contributed by atoms with Crippen molar-refractivity contribution in [3.63, 3.8) is 0 Å². The molecule has 2 aromatic heterocycles. The van der Waals surface area contributed by atoms with E-state index < -0.39 is 0 Å². The van der Waals surface area contributed by atoms with Crippen LogP contribution in [0, 0.1) is 0 Å². The van der Waals surface area contributed by atoms with Gasteiger partial charge in [-0.05, 0) is 30.5 Å². The minimum absolute atomic E-state index is 0.0922. The summed E-state index contributed by atoms with van der Waals surface area (Å²) in [5, 5.41) is 0.714. The SMILES string of the molecule is O=C(c1cnco1)N1CCC[C@H](c2ncc(Cc3ccc(Cl)cc3)o2)C1. The molecule has 1 saturated heterocycles. The van der Waals surface area contributed by atoms with Gasteiger partial charge in [-0.25, -0.2) is 9.97 Å². The van der Waals surface area contributed by atoms with Gasteiger partial charge in [0.1, 0.15) is 5.76 Å². The Morgan fingerprint density at radius 2 is 2.12 bits per heavy atom. The van der Waals surface area contributed by atoms with Crippen LogP contribution in [0.5, 0.6) is 0 Å². The maximum atomic E-state index is 12.4. The van der Waals surface area contributed by atoms with Gasteiger partial charge in [0.25, 0.3) is 5.91 Å². The fourth-order valence-corrected chi connectivity index (χ4v) is 3.36. The van der Waals surface area contributed by atoms with Crippen LogP contribution < -0.4 is 0 Å². The lowest BCUT2D eigenvalue weighted by atomic mass is 9.98. The lowest BCUT2D eigenvalue weighted by molar-refractivity contribution is 0.0666. The van der Waals surface area contributed by atoms with E-state index in [0.717, 1.165) is 24.2 Å². The summed E-state index contributed by atoms with van der Waals surface area (Å²) < 4.78 is 11.1. The molecule has 6 nitrogen and oxygen atoms in total. The Kier molecular flexibility index (Phi) is 4.75. The zero-order chi connectivity index (χ0) is 17.9. The second-order valence-corrected chi connectivity index (χ2v) is 6.86. The fraction of sp³-hybridized carbons (Fsp3) is 0.316. The molecule has 1 atom stereocenters. The Labute approximate surface area is 155 Å². The Bertz CT molecular complexity index is 874. The highest BCUT2D eigenvalue weighted by Crippen LogP contribution is 2.28. The Morgan fingerprint density at radius 1 is 1.27 bits per heavy atom. The summed E-state index contributed by atoms with van der Waals surface area (Å²) in [7, 11) is 0. The number of oxazole rings is 2. The van der Waals surface area contributed by atoms with Gasteiger partial charge >= 0.3 is 0 Å². The highest BCUT2D eigenvalue weighted by molar-refractivity contribution is 6.30. The summed E-state index contributed by atoms with van der Waals surface area (Å²) in [6.07, 6.45) is 6.99. The number of hydrogen-bond donors (Lipinski definition) is 0. The molecule has 1 amide bonds. The van der Waals surface area contributed by atoms with Crippen molar-refractivity contribution in [3.05, 3.63) is 71.1 Å². The molecular weight excluding hydrogens is 354 g/mol. The van der Waals surface area contributed by atoms with E-state index in [2.05, 4.69) is 9.97 Å². The molecule has 0 aliphatic carbocycles. The lowest BCUT2D eigenvalue weighted by Gasteiger charge is -2.30. The number of carbonyl (C=O) groups excluding carboxylic acids is 1. The van der Waals surface area contributed by atoms with Crippen LogP contribution in [-0.4, -0.2) is 33.9 Å². The standard InChI is InChI=1S/C19H18ClN3O3/c20-15-5-3-13(4-6-15)8-16-9-22-18(26-16)14-2-1-7-23(11-14)19(24)17-10-21-12-25-17/h3-6,9-10,12,14H,1-2,7-8,11H2/t14-/m0/s1. The minimum Gasteiger partial charge on any atom is -0.445 e. The van der Waals surface area contributed by atoms with Gasteiger partial charge < -0.3 is 13.7 Å². The number of hydrogen-bond acceptors (Lipinski definition) is 5. The molecule has 1 aliphatic rings. The molecule has 0 unspecified atom stereocenters. The lowest BCUT2D eigenvalue weighted by Crippen LogP contribution is -2.39. The number of aromatic nitrogens is 2. The average Bonchev–Trinajstić information content (AvgIpc) is 3.35. The first-order valence-electron chi connectivity index (χ1n) is 8.56. The van der Waals surface area contributed by atoms with Crippen molar-refractivity contribution < 1.29 is 13.6 Å². The van der Waals surface area contributed by atoms with Gasteiger partial charge in [0.05, 0.1) is 18.3 Å². The van der Waals surface area contributed by atoms with Crippen molar-refractivity contribution in [3.8, 4) is 0 Å². The van der Waals surface area contributed by atoms with E-state index in [1.807, 2.05) is 24.3 Å². The first-order chi connectivity index (χ1) is 12.7. The molecule has 1 fully saturated rings. The molecule has 7 heteroatoms. The molecule has 4 rings (SSSR count). The monoisotopic (exact) mass is 371 g/mol. The smallest absolute Gasteiger partial charge is 0.291 e. The van der Waals surface area contributed by atoms with Crippen LogP contribution >= 0.6 is 11.6 Å². The molecule has 0 spiro atoms. The van der Waals surface area contributed by atoms with Gasteiger partial charge in [-0.1, -0.05) is 23.7 Å². The van der Waals surface area contributed by atoms with Gasteiger partial charge in [0.2, 0.25) is 5.76 Å². The van der Waals surface area contributed by atoms with Crippen LogP contribution in [0.3, 0.4) is 0 Å². The fourth-order valence-electron chi connectivity index (χ4n) is 3.24. The van der Waals surface area contributed by atoms with E-state index in [1.54, 1.807) is 11.1 Å². The number of carbonyl (C=O) groups is 1. The molecule has 26 heavy (non-hydrogen) atoms. The maximum absolute atomic E-state index is 12.4. The van der Waals surface area contributed by atoms with Crippen LogP contribution in [0.4, 0.5) is 0 Å². The number of benzene rings is 1. The molecule has 3 heterocycles. The van der Waals surface area contributed by atoms with Crippen LogP contribution in [-0.2, 0) is 6.42 Å². The highest BCUT2D eigenvalue weighted by atomic mass is 35.5. The second-order valence-electron chi connectivity index (χ2n) is 6.42. The quantitative estimate of drug-likeness (QED) is 0.694. The van der Waals surface area contributed by atoms with Gasteiger partial charge in [0, 0.05) is 24.5 Å². The van der Waals surface area contributed by atoms with Crippen molar-refractivity contribution in [2.24, 2.45) is 0 Å². The summed E-state index contributed by atoms with van der Waals surface area (Å²) in [6, 6.07) is 7.68. The minimum atomic E-state index is -0.139. The van der Waals surface area contributed by atoms with E-state index in [1.165, 1.54) is 12.6 Å². The molecule has 0 saturated carbocycles. The third-order valence-electron chi connectivity index (χ3n) is 4.56. The van der Waals surface area contributed by atoms with E-state index in [9.17, 15) is 4.79 Å². The Hall–Kier alpha value is -2.60. The first-order valence-corrected chi connectivity index (χ1v) is 8.93. The molecule has 1 aromatic carbocycles. The molecule has 0 N–H and O–H groups in total. The summed E-state index contributed by atoms with van der Waals surface area (Å²) in [5.41, 5.74) is 1.11. The highest BCUT2D eigenvalue weighted by Gasteiger charge is 2.29. The number of rotatable bonds is 4. The molecule has 0 radical (unpaired) electrons. The van der Waals surface area contributed by atoms with Crippen LogP contribution in [0.15, 0.2) is 51.9 Å². The third kappa shape index (κ3) is 3.65. The third-order valence-corrected chi connectivity index (χ3v) is 4.82. The zero-order valence-corrected chi connectivity index (χ0v) is 14.9. The zero-order valence-electron chi connectivity index (χ0n) is 14.1. The largest absolute Gasteiger partial charge is 0.445 e. The van der Waals surface area contributed by atoms with E-state index in [4.69, 9.17) is 20.4 Å². The number of likely N-dealkylation sites (tertiary alicyclic amines) is 1. The number of nitrogens with zero attached hydrogens (tertiary/aromatic N) is 3. The Morgan fingerprint density at radius 3 is 2.88 bits per heavy atom. The van der Waals surface area contributed by atoms with Crippen molar-refractivity contribution in [1.29, 1.82) is 0 Å².